The molecule has 5 nitrogen and oxygen atoms in total. The maximum Gasteiger partial charge on any atom is 0.251 e. The van der Waals surface area contributed by atoms with Gasteiger partial charge in [0.15, 0.2) is 0 Å². The van der Waals surface area contributed by atoms with Gasteiger partial charge in [-0.3, -0.25) is 9.59 Å². The van der Waals surface area contributed by atoms with E-state index in [-0.39, 0.29) is 12.2 Å². The number of carbonyl (C=O) groups is 2. The maximum absolute atomic E-state index is 13.3. The van der Waals surface area contributed by atoms with Crippen LogP contribution >= 0.6 is 0 Å². The van der Waals surface area contributed by atoms with E-state index in [9.17, 15) is 18.4 Å². The second-order valence-corrected chi connectivity index (χ2v) is 3.25. The highest BCUT2D eigenvalue weighted by atomic mass is 19.1. The summed E-state index contributed by atoms with van der Waals surface area (Å²) in [5.74, 6) is -3.60. The van der Waals surface area contributed by atoms with E-state index in [1.807, 2.05) is 0 Å². The number of nitrogens with one attached hydrogen (secondary N) is 2. The molecule has 0 saturated heterocycles. The third-order valence-electron chi connectivity index (χ3n) is 1.93. The normalized spacial score (nSPS) is 10.1. The molecule has 0 bridgehead atoms. The minimum Gasteiger partial charge on any atom is -0.366 e. The Labute approximate surface area is 96.0 Å². The Kier molecular flexibility index (Phi) is 4.11. The lowest BCUT2D eigenvalue weighted by Crippen LogP contribution is -2.26. The summed E-state index contributed by atoms with van der Waals surface area (Å²) in [7, 11) is 1.54. The number of hydrogen-bond donors (Lipinski definition) is 3. The second-order valence-electron chi connectivity index (χ2n) is 3.25. The van der Waals surface area contributed by atoms with Gasteiger partial charge >= 0.3 is 0 Å². The number of nitrogens with two attached hydrogens (primary N) is 1. The molecule has 1 aromatic rings. The first-order valence-corrected chi connectivity index (χ1v) is 4.69. The van der Waals surface area contributed by atoms with Crippen LogP contribution in [0, 0.1) is 11.6 Å². The Hall–Kier alpha value is -2.02. The number of halogens is 2. The lowest BCUT2D eigenvalue weighted by molar-refractivity contribution is -0.115. The van der Waals surface area contributed by atoms with E-state index in [4.69, 9.17) is 5.73 Å². The van der Waals surface area contributed by atoms with Crippen molar-refractivity contribution in [1.82, 2.24) is 5.32 Å². The van der Waals surface area contributed by atoms with Crippen molar-refractivity contribution in [3.8, 4) is 0 Å². The molecule has 1 rings (SSSR count). The molecule has 0 atom stereocenters. The molecule has 0 aliphatic rings. The summed E-state index contributed by atoms with van der Waals surface area (Å²) in [5, 5.41) is 4.74. The average Bonchev–Trinajstić information content (AvgIpc) is 2.21. The Balaban J connectivity index is 3.03. The van der Waals surface area contributed by atoms with Crippen LogP contribution in [0.1, 0.15) is 10.4 Å². The molecule has 0 fully saturated rings. The molecule has 0 aliphatic heterocycles. The molecule has 0 aromatic heterocycles. The van der Waals surface area contributed by atoms with Crippen LogP contribution in [-0.2, 0) is 4.79 Å². The minimum atomic E-state index is -1.07. The van der Waals surface area contributed by atoms with Crippen molar-refractivity contribution in [1.29, 1.82) is 0 Å². The molecule has 0 spiro atoms. The second kappa shape index (κ2) is 5.35. The summed E-state index contributed by atoms with van der Waals surface area (Å²) in [6.45, 7) is -0.0390. The highest BCUT2D eigenvalue weighted by Gasteiger charge is 2.15. The summed E-state index contributed by atoms with van der Waals surface area (Å²) < 4.78 is 26.4. The topological polar surface area (TPSA) is 84.2 Å². The van der Waals surface area contributed by atoms with Crippen LogP contribution in [0.5, 0.6) is 0 Å². The Morgan fingerprint density at radius 2 is 1.94 bits per heavy atom. The monoisotopic (exact) mass is 243 g/mol. The zero-order valence-corrected chi connectivity index (χ0v) is 9.01. The molecular formula is C10H11F2N3O2. The molecule has 92 valence electrons. The molecule has 17 heavy (non-hydrogen) atoms. The van der Waals surface area contributed by atoms with Crippen molar-refractivity contribution in [3.05, 3.63) is 29.3 Å². The highest BCUT2D eigenvalue weighted by Crippen LogP contribution is 2.19. The number of carbonyl (C=O) groups excluding carboxylic acids is 2. The van der Waals surface area contributed by atoms with Crippen molar-refractivity contribution < 1.29 is 18.4 Å². The molecule has 1 aromatic carbocycles. The molecule has 0 radical (unpaired) electrons. The van der Waals surface area contributed by atoms with E-state index in [1.165, 1.54) is 7.05 Å². The maximum atomic E-state index is 13.3. The number of hydrogen-bond acceptors (Lipinski definition) is 3. The van der Waals surface area contributed by atoms with Crippen LogP contribution in [0.15, 0.2) is 12.1 Å². The van der Waals surface area contributed by atoms with Crippen molar-refractivity contribution in [3.63, 3.8) is 0 Å². The van der Waals surface area contributed by atoms with Gasteiger partial charge in [-0.15, -0.1) is 0 Å². The molecule has 0 saturated carbocycles. The van der Waals surface area contributed by atoms with Gasteiger partial charge in [-0.05, 0) is 13.1 Å². The molecule has 4 N–H and O–H groups in total. The van der Waals surface area contributed by atoms with Crippen LogP contribution in [0.3, 0.4) is 0 Å². The number of likely N-dealkylation sites (N-methyl/N-ethyl adjacent to an activating group) is 1. The van der Waals surface area contributed by atoms with Crippen LogP contribution < -0.4 is 16.4 Å². The lowest BCUT2D eigenvalue weighted by Gasteiger charge is -2.08. The van der Waals surface area contributed by atoms with E-state index in [1.54, 1.807) is 0 Å². The van der Waals surface area contributed by atoms with Gasteiger partial charge in [0.25, 0.3) is 5.91 Å². The summed E-state index contributed by atoms with van der Waals surface area (Å²) in [6.07, 6.45) is 0. The molecule has 0 heterocycles. The summed E-state index contributed by atoms with van der Waals surface area (Å²) in [6, 6.07) is 1.36. The average molecular weight is 243 g/mol. The van der Waals surface area contributed by atoms with E-state index in [0.717, 1.165) is 6.07 Å². The highest BCUT2D eigenvalue weighted by molar-refractivity contribution is 5.97. The fourth-order valence-electron chi connectivity index (χ4n) is 1.19. The van der Waals surface area contributed by atoms with Crippen molar-refractivity contribution >= 4 is 17.5 Å². The van der Waals surface area contributed by atoms with Gasteiger partial charge in [0, 0.05) is 6.07 Å². The molecular weight excluding hydrogens is 232 g/mol. The minimum absolute atomic E-state index is 0.0390. The SMILES string of the molecule is CNCC(=O)Nc1cc(C(N)=O)c(F)cc1F. The van der Waals surface area contributed by atoms with Crippen LogP contribution in [0.4, 0.5) is 14.5 Å². The van der Waals surface area contributed by atoms with E-state index < -0.39 is 29.0 Å². The first-order chi connectivity index (χ1) is 7.95. The molecule has 0 unspecified atom stereocenters. The quantitative estimate of drug-likeness (QED) is 0.707. The molecule has 7 heteroatoms. The van der Waals surface area contributed by atoms with Gasteiger partial charge in [0.05, 0.1) is 17.8 Å². The zero-order chi connectivity index (χ0) is 13.0. The Morgan fingerprint density at radius 3 is 2.47 bits per heavy atom. The van der Waals surface area contributed by atoms with Gasteiger partial charge in [0.2, 0.25) is 5.91 Å². The van der Waals surface area contributed by atoms with Gasteiger partial charge in [0.1, 0.15) is 11.6 Å². The zero-order valence-electron chi connectivity index (χ0n) is 9.01. The van der Waals surface area contributed by atoms with E-state index >= 15 is 0 Å². The smallest absolute Gasteiger partial charge is 0.251 e. The third-order valence-corrected chi connectivity index (χ3v) is 1.93. The van der Waals surface area contributed by atoms with Gasteiger partial charge in [-0.25, -0.2) is 8.78 Å². The van der Waals surface area contributed by atoms with E-state index in [2.05, 4.69) is 10.6 Å². The van der Waals surface area contributed by atoms with Gasteiger partial charge < -0.3 is 16.4 Å². The van der Waals surface area contributed by atoms with Crippen molar-refractivity contribution in [2.75, 3.05) is 18.9 Å². The lowest BCUT2D eigenvalue weighted by atomic mass is 10.1. The summed E-state index contributed by atoms with van der Waals surface area (Å²) in [5.41, 5.74) is 4.12. The first-order valence-electron chi connectivity index (χ1n) is 4.69. The van der Waals surface area contributed by atoms with Crippen molar-refractivity contribution in [2.45, 2.75) is 0 Å². The largest absolute Gasteiger partial charge is 0.366 e. The van der Waals surface area contributed by atoms with Crippen LogP contribution in [0.25, 0.3) is 0 Å². The number of amides is 2. The van der Waals surface area contributed by atoms with E-state index in [0.29, 0.717) is 6.07 Å². The molecule has 2 amide bonds. The summed E-state index contributed by atoms with van der Waals surface area (Å²) in [4.78, 5) is 22.0. The number of anilines is 1. The van der Waals surface area contributed by atoms with Crippen molar-refractivity contribution in [2.24, 2.45) is 5.73 Å². The molecule has 0 aliphatic carbocycles. The third kappa shape index (κ3) is 3.22. The fraction of sp³-hybridized carbons (Fsp3) is 0.200. The number of primary amides is 1. The number of benzene rings is 1. The predicted molar refractivity (Wildman–Crippen MR) is 57.4 cm³/mol. The van der Waals surface area contributed by atoms with Gasteiger partial charge in [-0.2, -0.15) is 0 Å². The summed E-state index contributed by atoms with van der Waals surface area (Å²) >= 11 is 0. The Bertz CT molecular complexity index is 463. The van der Waals surface area contributed by atoms with Crippen LogP contribution in [0.2, 0.25) is 0 Å². The first kappa shape index (κ1) is 13.0. The standard InChI is InChI=1S/C10H11F2N3O2/c1-14-4-9(16)15-8-2-5(10(13)17)6(11)3-7(8)12/h2-3,14H,4H2,1H3,(H2,13,17)(H,15,16). The van der Waals surface area contributed by atoms with Gasteiger partial charge in [-0.1, -0.05) is 0 Å². The van der Waals surface area contributed by atoms with Crippen LogP contribution in [-0.4, -0.2) is 25.4 Å². The predicted octanol–water partition coefficient (Wildman–Crippen LogP) is 0.222. The fourth-order valence-corrected chi connectivity index (χ4v) is 1.19. The number of rotatable bonds is 4. The Morgan fingerprint density at radius 1 is 1.29 bits per heavy atom.